The zero-order valence-electron chi connectivity index (χ0n) is 19.7. The summed E-state index contributed by atoms with van der Waals surface area (Å²) in [6.07, 6.45) is 9.82. The zero-order valence-corrected chi connectivity index (χ0v) is 20.4. The maximum absolute atomic E-state index is 13.2. The summed E-state index contributed by atoms with van der Waals surface area (Å²) in [6.45, 7) is 9.44. The zero-order chi connectivity index (χ0) is 22.2. The van der Waals surface area contributed by atoms with Crippen LogP contribution in [0.25, 0.3) is 0 Å². The molecule has 0 rings (SSSR count). The van der Waals surface area contributed by atoms with E-state index in [2.05, 4.69) is 50.9 Å². The van der Waals surface area contributed by atoms with Crippen LogP contribution in [0.1, 0.15) is 72.6 Å². The number of halogens is 1. The van der Waals surface area contributed by atoms with Gasteiger partial charge in [0.1, 0.15) is 6.04 Å². The number of hydrogen-bond acceptors (Lipinski definition) is 4. The second-order valence-corrected chi connectivity index (χ2v) is 8.68. The number of allylic oxidation sites excluding steroid dienone is 2. The molecule has 0 unspecified atom stereocenters. The van der Waals surface area contributed by atoms with E-state index in [1.807, 2.05) is 0 Å². The number of amides is 1. The number of ether oxygens (including phenoxy) is 1. The van der Waals surface area contributed by atoms with Crippen LogP contribution in [-0.2, 0) is 14.3 Å². The quantitative estimate of drug-likeness (QED) is 0.171. The van der Waals surface area contributed by atoms with E-state index in [1.165, 1.54) is 7.11 Å². The number of aliphatic hydroxyl groups is 1. The molecule has 0 saturated carbocycles. The van der Waals surface area contributed by atoms with Crippen LogP contribution >= 0.6 is 0 Å². The largest absolute Gasteiger partial charge is 1.00 e. The molecule has 0 aliphatic carbocycles. The summed E-state index contributed by atoms with van der Waals surface area (Å²) >= 11 is 0. The molecule has 0 fully saturated rings. The van der Waals surface area contributed by atoms with Gasteiger partial charge >= 0.3 is 5.97 Å². The van der Waals surface area contributed by atoms with Crippen LogP contribution in [0, 0.1) is 23.7 Å². The first-order chi connectivity index (χ1) is 13.8. The third-order valence-electron chi connectivity index (χ3n) is 5.06. The molecule has 0 radical (unpaired) electrons. The Bertz CT molecular complexity index is 484. The van der Waals surface area contributed by atoms with Crippen molar-refractivity contribution in [3.05, 3.63) is 12.2 Å². The van der Waals surface area contributed by atoms with Crippen LogP contribution in [0.15, 0.2) is 12.2 Å². The van der Waals surface area contributed by atoms with Gasteiger partial charge in [0, 0.05) is 12.5 Å². The Balaban J connectivity index is 0. The van der Waals surface area contributed by atoms with E-state index in [-0.39, 0.29) is 42.7 Å². The van der Waals surface area contributed by atoms with Gasteiger partial charge in [0.05, 0.1) is 13.7 Å². The van der Waals surface area contributed by atoms with Crippen LogP contribution < -0.4 is 23.5 Å². The Hall–Kier alpha value is -1.11. The number of unbranched alkanes of at least 4 members (excludes halogenated alkanes) is 2. The second-order valence-electron chi connectivity index (χ2n) is 8.68. The smallest absolute Gasteiger partial charge is 0.328 e. The standard InChI is InChI=1S/C23H44N2O4.ClH/c1-17(2)12-13-19(10-7-9-15-26)20(16-18(3)4)22(27)25-21(23(28)29-5)11-6-8-14-24;/h12-13,17-21,26H,6-11,14-16,24H2,1-5H3,(H,25,27);1H/b13-12+;/t19-,20-,21+;/m1./s1. The summed E-state index contributed by atoms with van der Waals surface area (Å²) in [5.41, 5.74) is 3.83. The molecule has 0 aliphatic heterocycles. The Morgan fingerprint density at radius 2 is 1.67 bits per heavy atom. The van der Waals surface area contributed by atoms with Crippen LogP contribution in [-0.4, -0.2) is 43.3 Å². The minimum atomic E-state index is -0.610. The van der Waals surface area contributed by atoms with Crippen molar-refractivity contribution in [2.75, 3.05) is 20.3 Å². The molecule has 0 aromatic heterocycles. The molecule has 7 heteroatoms. The average molecular weight is 449 g/mol. The first-order valence-electron chi connectivity index (χ1n) is 11.2. The molecule has 0 aliphatic rings. The predicted octanol–water partition coefficient (Wildman–Crippen LogP) is -0.286. The van der Waals surface area contributed by atoms with Crippen molar-refractivity contribution in [3.8, 4) is 0 Å². The lowest BCUT2D eigenvalue weighted by atomic mass is 9.81. The summed E-state index contributed by atoms with van der Waals surface area (Å²) in [5.74, 6) is 0.185. The van der Waals surface area contributed by atoms with Gasteiger partial charge in [-0.1, -0.05) is 46.3 Å². The van der Waals surface area contributed by atoms with Crippen LogP contribution in [0.2, 0.25) is 0 Å². The van der Waals surface area contributed by atoms with Gasteiger partial charge < -0.3 is 33.3 Å². The third kappa shape index (κ3) is 14.0. The summed E-state index contributed by atoms with van der Waals surface area (Å²) < 4.78 is 4.91. The fourth-order valence-corrected chi connectivity index (χ4v) is 3.47. The van der Waals surface area contributed by atoms with E-state index in [4.69, 9.17) is 9.84 Å². The van der Waals surface area contributed by atoms with Crippen molar-refractivity contribution in [2.45, 2.75) is 78.7 Å². The number of carbonyl (C=O) groups is 2. The molecule has 0 saturated heterocycles. The lowest BCUT2D eigenvalue weighted by molar-refractivity contribution is -0.368. The van der Waals surface area contributed by atoms with Gasteiger partial charge in [-0.15, -0.1) is 0 Å². The van der Waals surface area contributed by atoms with Gasteiger partial charge in [0.15, 0.2) is 0 Å². The molecule has 5 N–H and O–H groups in total. The Labute approximate surface area is 189 Å². The number of rotatable bonds is 16. The Kier molecular flexibility index (Phi) is 19.3. The van der Waals surface area contributed by atoms with E-state index in [1.54, 1.807) is 0 Å². The molecule has 0 aromatic rings. The highest BCUT2D eigenvalue weighted by atomic mass is 35.5. The number of hydrogen-bond donors (Lipinski definition) is 3. The fraction of sp³-hybridized carbons (Fsp3) is 0.826. The Morgan fingerprint density at radius 1 is 1.03 bits per heavy atom. The summed E-state index contributed by atoms with van der Waals surface area (Å²) in [5, 5.41) is 12.1. The topological polar surface area (TPSA) is 103 Å². The second kappa shape index (κ2) is 18.6. The first kappa shape index (κ1) is 31.1. The lowest BCUT2D eigenvalue weighted by Crippen LogP contribution is -3.00. The molecule has 0 aromatic carbocycles. The maximum atomic E-state index is 13.2. The predicted molar refractivity (Wildman–Crippen MR) is 117 cm³/mol. The van der Waals surface area contributed by atoms with Crippen molar-refractivity contribution in [2.24, 2.45) is 23.7 Å². The van der Waals surface area contributed by atoms with Gasteiger partial charge in [-0.05, 0) is 56.3 Å². The lowest BCUT2D eigenvalue weighted by Gasteiger charge is -2.28. The van der Waals surface area contributed by atoms with Crippen molar-refractivity contribution < 1.29 is 37.6 Å². The van der Waals surface area contributed by atoms with Crippen LogP contribution in [0.4, 0.5) is 0 Å². The highest BCUT2D eigenvalue weighted by Crippen LogP contribution is 2.28. The highest BCUT2D eigenvalue weighted by molar-refractivity contribution is 5.86. The third-order valence-corrected chi connectivity index (χ3v) is 5.06. The minimum Gasteiger partial charge on any atom is -1.00 e. The number of quaternary nitrogens is 1. The van der Waals surface area contributed by atoms with E-state index in [9.17, 15) is 9.59 Å². The van der Waals surface area contributed by atoms with Gasteiger partial charge in [-0.3, -0.25) is 4.79 Å². The molecule has 3 atom stereocenters. The molecular formula is C23H45ClN2O4. The molecule has 1 amide bonds. The SMILES string of the molecule is COC(=O)[C@H](CCCC[NH3+])NC(=O)[C@H](CC(C)C)[C@@H](/C=C/C(C)C)CCCCO.[Cl-]. The van der Waals surface area contributed by atoms with Gasteiger partial charge in [-0.2, -0.15) is 0 Å². The van der Waals surface area contributed by atoms with E-state index in [0.717, 1.165) is 45.1 Å². The highest BCUT2D eigenvalue weighted by Gasteiger charge is 2.30. The number of esters is 1. The number of aliphatic hydroxyl groups excluding tert-OH is 1. The number of carbonyl (C=O) groups excluding carboxylic acids is 2. The van der Waals surface area contributed by atoms with E-state index < -0.39 is 6.04 Å². The van der Waals surface area contributed by atoms with Crippen molar-refractivity contribution in [1.82, 2.24) is 5.32 Å². The summed E-state index contributed by atoms with van der Waals surface area (Å²) in [4.78, 5) is 25.4. The van der Waals surface area contributed by atoms with Gasteiger partial charge in [0.2, 0.25) is 5.91 Å². The molecule has 178 valence electrons. The molecule has 0 bridgehead atoms. The average Bonchev–Trinajstić information content (AvgIpc) is 2.67. The first-order valence-corrected chi connectivity index (χ1v) is 11.2. The van der Waals surface area contributed by atoms with Crippen LogP contribution in [0.3, 0.4) is 0 Å². The maximum Gasteiger partial charge on any atom is 0.328 e. The monoisotopic (exact) mass is 448 g/mol. The van der Waals surface area contributed by atoms with E-state index >= 15 is 0 Å². The molecule has 0 spiro atoms. The molecule has 6 nitrogen and oxygen atoms in total. The van der Waals surface area contributed by atoms with Crippen LogP contribution in [0.5, 0.6) is 0 Å². The van der Waals surface area contributed by atoms with Crippen molar-refractivity contribution in [1.29, 1.82) is 0 Å². The van der Waals surface area contributed by atoms with Crippen molar-refractivity contribution >= 4 is 11.9 Å². The van der Waals surface area contributed by atoms with Gasteiger partial charge in [-0.25, -0.2) is 4.79 Å². The Morgan fingerprint density at radius 3 is 2.17 bits per heavy atom. The normalized spacial score (nSPS) is 14.4. The minimum absolute atomic E-state index is 0. The molecular weight excluding hydrogens is 404 g/mol. The molecule has 0 heterocycles. The fourth-order valence-electron chi connectivity index (χ4n) is 3.47. The van der Waals surface area contributed by atoms with Crippen molar-refractivity contribution in [3.63, 3.8) is 0 Å². The van der Waals surface area contributed by atoms with Gasteiger partial charge in [0.25, 0.3) is 0 Å². The summed E-state index contributed by atoms with van der Waals surface area (Å²) in [7, 11) is 1.36. The molecule has 30 heavy (non-hydrogen) atoms. The van der Waals surface area contributed by atoms with E-state index in [0.29, 0.717) is 18.3 Å². The number of nitrogens with one attached hydrogen (secondary N) is 1. The number of methoxy groups -OCH3 is 1. The summed E-state index contributed by atoms with van der Waals surface area (Å²) in [6, 6.07) is -0.610.